The molecule has 1 aromatic heterocycles. The lowest BCUT2D eigenvalue weighted by atomic mass is 10.2. The quantitative estimate of drug-likeness (QED) is 0.832. The minimum atomic E-state index is -4.39. The number of anilines is 1. The Balaban J connectivity index is 2.15. The molecular weight excluding hydrogens is 287 g/mol. The van der Waals surface area contributed by atoms with E-state index in [9.17, 15) is 13.2 Å². The molecule has 0 radical (unpaired) electrons. The van der Waals surface area contributed by atoms with Gasteiger partial charge in [-0.25, -0.2) is 4.98 Å². The first-order valence-electron chi connectivity index (χ1n) is 6.33. The molecule has 0 saturated carbocycles. The summed E-state index contributed by atoms with van der Waals surface area (Å²) in [5.41, 5.74) is 5.78. The summed E-state index contributed by atoms with van der Waals surface area (Å²) in [4.78, 5) is 3.96. The van der Waals surface area contributed by atoms with Gasteiger partial charge in [0.2, 0.25) is 5.95 Å². The average Bonchev–Trinajstić information content (AvgIpc) is 2.73. The predicted molar refractivity (Wildman–Crippen MR) is 71.8 cm³/mol. The Hall–Kier alpha value is -1.80. The van der Waals surface area contributed by atoms with E-state index < -0.39 is 11.7 Å². The van der Waals surface area contributed by atoms with Crippen molar-refractivity contribution < 1.29 is 22.6 Å². The van der Waals surface area contributed by atoms with Crippen LogP contribution >= 0.6 is 0 Å². The lowest BCUT2D eigenvalue weighted by Crippen LogP contribution is -2.11. The number of methoxy groups -OCH3 is 1. The second-order valence-corrected chi connectivity index (χ2v) is 4.43. The van der Waals surface area contributed by atoms with E-state index in [1.54, 1.807) is 11.7 Å². The summed E-state index contributed by atoms with van der Waals surface area (Å²) in [7, 11) is 1.57. The number of halogens is 3. The van der Waals surface area contributed by atoms with E-state index >= 15 is 0 Å². The molecule has 0 bridgehead atoms. The molecule has 2 rings (SSSR count). The number of benzene rings is 1. The van der Waals surface area contributed by atoms with Crippen molar-refractivity contribution in [2.24, 2.45) is 0 Å². The third-order valence-electron chi connectivity index (χ3n) is 3.00. The zero-order chi connectivity index (χ0) is 15.5. The van der Waals surface area contributed by atoms with Crippen LogP contribution in [0.25, 0.3) is 11.0 Å². The van der Waals surface area contributed by atoms with Crippen LogP contribution in [0.2, 0.25) is 0 Å². The first-order chi connectivity index (χ1) is 9.93. The maximum absolute atomic E-state index is 12.6. The molecule has 8 heteroatoms. The molecule has 0 aliphatic rings. The summed E-state index contributed by atoms with van der Waals surface area (Å²) < 4.78 is 49.7. The Morgan fingerprint density at radius 3 is 2.67 bits per heavy atom. The fraction of sp³-hybridized carbons (Fsp3) is 0.462. The van der Waals surface area contributed by atoms with Crippen LogP contribution in [-0.4, -0.2) is 36.5 Å². The number of nitrogens with zero attached hydrogens (tertiary/aromatic N) is 2. The third-order valence-corrected chi connectivity index (χ3v) is 3.00. The number of rotatable bonds is 6. The maximum atomic E-state index is 12.6. The van der Waals surface area contributed by atoms with Gasteiger partial charge in [0.1, 0.15) is 0 Å². The van der Waals surface area contributed by atoms with Crippen molar-refractivity contribution in [3.8, 4) is 0 Å². The number of hydrogen-bond donors (Lipinski definition) is 1. The van der Waals surface area contributed by atoms with E-state index in [4.69, 9.17) is 15.2 Å². The van der Waals surface area contributed by atoms with Crippen LogP contribution in [0.5, 0.6) is 0 Å². The minimum absolute atomic E-state index is 0.166. The van der Waals surface area contributed by atoms with Gasteiger partial charge in [-0.2, -0.15) is 13.2 Å². The van der Waals surface area contributed by atoms with E-state index in [2.05, 4.69) is 4.98 Å². The largest absolute Gasteiger partial charge is 0.416 e. The Morgan fingerprint density at radius 1 is 1.24 bits per heavy atom. The first kappa shape index (κ1) is 15.6. The summed E-state index contributed by atoms with van der Waals surface area (Å²) >= 11 is 0. The fourth-order valence-corrected chi connectivity index (χ4v) is 1.96. The van der Waals surface area contributed by atoms with Crippen molar-refractivity contribution in [1.82, 2.24) is 9.55 Å². The number of nitrogens with two attached hydrogens (primary N) is 1. The molecule has 2 N–H and O–H groups in total. The van der Waals surface area contributed by atoms with E-state index in [1.165, 1.54) is 6.07 Å². The Morgan fingerprint density at radius 2 is 2.00 bits per heavy atom. The Labute approximate surface area is 119 Å². The average molecular weight is 303 g/mol. The monoisotopic (exact) mass is 303 g/mol. The van der Waals surface area contributed by atoms with Crippen LogP contribution in [0.4, 0.5) is 19.1 Å². The second kappa shape index (κ2) is 6.31. The summed E-state index contributed by atoms with van der Waals surface area (Å²) in [5, 5.41) is 0. The molecular formula is C13H16F3N3O2. The van der Waals surface area contributed by atoms with E-state index in [1.807, 2.05) is 0 Å². The van der Waals surface area contributed by atoms with Gasteiger partial charge in [-0.1, -0.05) is 0 Å². The molecule has 5 nitrogen and oxygen atoms in total. The van der Waals surface area contributed by atoms with Gasteiger partial charge >= 0.3 is 6.18 Å². The number of imidazole rings is 1. The topological polar surface area (TPSA) is 62.3 Å². The SMILES string of the molecule is COCCOCCn1c(N)nc2cc(C(F)(F)F)ccc21. The van der Waals surface area contributed by atoms with Crippen LogP contribution in [0.15, 0.2) is 18.2 Å². The Kier molecular flexibility index (Phi) is 4.69. The molecule has 116 valence electrons. The normalized spacial score (nSPS) is 12.2. The molecule has 1 aromatic carbocycles. The molecule has 0 atom stereocenters. The van der Waals surface area contributed by atoms with Gasteiger partial charge in [-0.05, 0) is 18.2 Å². The van der Waals surface area contributed by atoms with Crippen molar-refractivity contribution in [2.75, 3.05) is 32.7 Å². The minimum Gasteiger partial charge on any atom is -0.382 e. The maximum Gasteiger partial charge on any atom is 0.416 e. The molecule has 1 heterocycles. The predicted octanol–water partition coefficient (Wildman–Crippen LogP) is 2.30. The number of nitrogen functional groups attached to an aromatic ring is 1. The highest BCUT2D eigenvalue weighted by Crippen LogP contribution is 2.31. The van der Waals surface area contributed by atoms with Crippen LogP contribution in [0, 0.1) is 0 Å². The Bertz CT molecular complexity index is 610. The first-order valence-corrected chi connectivity index (χ1v) is 6.33. The summed E-state index contributed by atoms with van der Waals surface area (Å²) in [5.74, 6) is 0.166. The highest BCUT2D eigenvalue weighted by molar-refractivity contribution is 5.79. The highest BCUT2D eigenvalue weighted by atomic mass is 19.4. The number of fused-ring (bicyclic) bond motifs is 1. The van der Waals surface area contributed by atoms with E-state index in [-0.39, 0.29) is 11.5 Å². The van der Waals surface area contributed by atoms with Crippen molar-refractivity contribution in [1.29, 1.82) is 0 Å². The van der Waals surface area contributed by atoms with Crippen LogP contribution in [-0.2, 0) is 22.2 Å². The number of ether oxygens (including phenoxy) is 2. The number of hydrogen-bond acceptors (Lipinski definition) is 4. The molecule has 0 aliphatic heterocycles. The zero-order valence-corrected chi connectivity index (χ0v) is 11.5. The van der Waals surface area contributed by atoms with Crippen molar-refractivity contribution in [2.45, 2.75) is 12.7 Å². The lowest BCUT2D eigenvalue weighted by Gasteiger charge is -2.08. The summed E-state index contributed by atoms with van der Waals surface area (Å²) in [6.07, 6.45) is -4.39. The van der Waals surface area contributed by atoms with Crippen LogP contribution < -0.4 is 5.73 Å². The fourth-order valence-electron chi connectivity index (χ4n) is 1.96. The highest BCUT2D eigenvalue weighted by Gasteiger charge is 2.31. The number of alkyl halides is 3. The molecule has 0 fully saturated rings. The molecule has 0 unspecified atom stereocenters. The van der Waals surface area contributed by atoms with Gasteiger partial charge in [0.05, 0.1) is 36.4 Å². The van der Waals surface area contributed by atoms with Crippen LogP contribution in [0.1, 0.15) is 5.56 Å². The van der Waals surface area contributed by atoms with Crippen molar-refractivity contribution >= 4 is 17.0 Å². The van der Waals surface area contributed by atoms with Crippen LogP contribution in [0.3, 0.4) is 0 Å². The molecule has 0 saturated heterocycles. The number of aromatic nitrogens is 2. The van der Waals surface area contributed by atoms with E-state index in [0.717, 1.165) is 12.1 Å². The van der Waals surface area contributed by atoms with Gasteiger partial charge < -0.3 is 19.8 Å². The lowest BCUT2D eigenvalue weighted by molar-refractivity contribution is -0.137. The second-order valence-electron chi connectivity index (χ2n) is 4.43. The summed E-state index contributed by atoms with van der Waals surface area (Å²) in [6.45, 7) is 1.72. The van der Waals surface area contributed by atoms with Gasteiger partial charge in [0, 0.05) is 13.7 Å². The van der Waals surface area contributed by atoms with Gasteiger partial charge in [0.15, 0.2) is 0 Å². The smallest absolute Gasteiger partial charge is 0.382 e. The van der Waals surface area contributed by atoms with Gasteiger partial charge in [-0.15, -0.1) is 0 Å². The standard InChI is InChI=1S/C13H16F3N3O2/c1-20-6-7-21-5-4-19-11-3-2-9(13(14,15)16)8-10(11)18-12(19)17/h2-3,8H,4-7H2,1H3,(H2,17,18). The van der Waals surface area contributed by atoms with E-state index in [0.29, 0.717) is 31.9 Å². The molecule has 0 amide bonds. The molecule has 0 spiro atoms. The van der Waals surface area contributed by atoms with Gasteiger partial charge in [0.25, 0.3) is 0 Å². The zero-order valence-electron chi connectivity index (χ0n) is 11.5. The summed E-state index contributed by atoms with van der Waals surface area (Å²) in [6, 6.07) is 3.39. The van der Waals surface area contributed by atoms with Gasteiger partial charge in [-0.3, -0.25) is 0 Å². The molecule has 0 aliphatic carbocycles. The molecule has 2 aromatic rings. The van der Waals surface area contributed by atoms with Crippen molar-refractivity contribution in [3.63, 3.8) is 0 Å². The van der Waals surface area contributed by atoms with Crippen molar-refractivity contribution in [3.05, 3.63) is 23.8 Å². The third kappa shape index (κ3) is 3.64. The molecule has 21 heavy (non-hydrogen) atoms.